The van der Waals surface area contributed by atoms with Crippen LogP contribution in [0.3, 0.4) is 0 Å². The molecule has 0 radical (unpaired) electrons. The van der Waals surface area contributed by atoms with Crippen molar-refractivity contribution in [2.45, 2.75) is 11.7 Å². The fourth-order valence-corrected chi connectivity index (χ4v) is 6.96. The van der Waals surface area contributed by atoms with Gasteiger partial charge < -0.3 is 0 Å². The molecule has 50 valence electrons. The molecule has 0 aliphatic carbocycles. The Morgan fingerprint density at radius 1 is 1.78 bits per heavy atom. The third kappa shape index (κ3) is 2.50. The molecule has 0 aromatic carbocycles. The molecule has 2 unspecified atom stereocenters. The minimum Gasteiger partial charge on any atom is -0.119 e. The highest BCUT2D eigenvalue weighted by Crippen LogP contribution is 2.33. The second kappa shape index (κ2) is 3.87. The number of hydrogen-bond acceptors (Lipinski definition) is 3. The monoisotopic (exact) mass is 194 g/mol. The number of rotatable bonds is 0. The Kier molecular flexibility index (Phi) is 3.41. The first-order chi connectivity index (χ1) is 4.33. The van der Waals surface area contributed by atoms with Gasteiger partial charge in [0, 0.05) is 5.75 Å². The molecule has 0 bridgehead atoms. The molecule has 1 aliphatic rings. The van der Waals surface area contributed by atoms with E-state index in [9.17, 15) is 0 Å². The molecule has 0 aromatic heterocycles. The lowest BCUT2D eigenvalue weighted by Gasteiger charge is -2.15. The summed E-state index contributed by atoms with van der Waals surface area (Å²) in [5.74, 6) is 3.87. The molecular formula is C5H6S4. The first-order valence-electron chi connectivity index (χ1n) is 2.51. The van der Waals surface area contributed by atoms with Crippen molar-refractivity contribution in [2.24, 2.45) is 0 Å². The Hall–Kier alpha value is 0.830. The number of hydrogen-bond donors (Lipinski definition) is 0. The predicted molar refractivity (Wildman–Crippen MR) is 52.0 cm³/mol. The van der Waals surface area contributed by atoms with E-state index < -0.39 is 0 Å². The summed E-state index contributed by atoms with van der Waals surface area (Å²) in [6.07, 6.45) is 6.37. The summed E-state index contributed by atoms with van der Waals surface area (Å²) in [5.41, 5.74) is 0. The first kappa shape index (κ1) is 7.93. The van der Waals surface area contributed by atoms with E-state index in [1.165, 1.54) is 0 Å². The highest BCUT2D eigenvalue weighted by molar-refractivity contribution is 9.12. The molecule has 1 saturated heterocycles. The van der Waals surface area contributed by atoms with Crippen LogP contribution in [0.25, 0.3) is 0 Å². The molecular weight excluding hydrogens is 188 g/mol. The molecule has 0 N–H and O–H groups in total. The molecule has 0 saturated carbocycles. The van der Waals surface area contributed by atoms with Gasteiger partial charge in [0.05, 0.1) is 5.25 Å². The molecule has 0 spiro atoms. The van der Waals surface area contributed by atoms with Crippen molar-refractivity contribution in [1.82, 2.24) is 0 Å². The van der Waals surface area contributed by atoms with Crippen molar-refractivity contribution >= 4 is 40.3 Å². The van der Waals surface area contributed by atoms with Crippen molar-refractivity contribution in [1.29, 1.82) is 0 Å². The first-order valence-corrected chi connectivity index (χ1v) is 7.56. The van der Waals surface area contributed by atoms with E-state index in [1.54, 1.807) is 10.8 Å². The highest BCUT2D eigenvalue weighted by Gasteiger charge is 2.14. The SMILES string of the molecule is C#CC1CCSS(=S)S1. The van der Waals surface area contributed by atoms with Crippen LogP contribution in [0.5, 0.6) is 0 Å². The molecule has 2 atom stereocenters. The molecule has 1 aliphatic heterocycles. The van der Waals surface area contributed by atoms with Crippen LogP contribution in [0.2, 0.25) is 0 Å². The lowest BCUT2D eigenvalue weighted by Crippen LogP contribution is -2.06. The smallest absolute Gasteiger partial charge is 0.0776 e. The standard InChI is InChI=1S/C5H6S4/c1-2-5-3-4-7-9(6)8-5/h1,5H,3-4H2. The fraction of sp³-hybridized carbons (Fsp3) is 0.600. The highest BCUT2D eigenvalue weighted by atomic mass is 33.7. The molecule has 1 rings (SSSR count). The van der Waals surface area contributed by atoms with Gasteiger partial charge in [-0.05, 0) is 25.1 Å². The zero-order valence-corrected chi connectivity index (χ0v) is 7.97. The van der Waals surface area contributed by atoms with Gasteiger partial charge in [0.25, 0.3) is 0 Å². The van der Waals surface area contributed by atoms with Gasteiger partial charge in [0.2, 0.25) is 0 Å². The van der Waals surface area contributed by atoms with Crippen LogP contribution >= 0.6 is 21.6 Å². The fourth-order valence-electron chi connectivity index (χ4n) is 0.505. The Labute approximate surface area is 69.9 Å². The van der Waals surface area contributed by atoms with Crippen LogP contribution in [0.1, 0.15) is 6.42 Å². The van der Waals surface area contributed by atoms with Gasteiger partial charge >= 0.3 is 0 Å². The predicted octanol–water partition coefficient (Wildman–Crippen LogP) is 1.77. The summed E-state index contributed by atoms with van der Waals surface area (Å²) in [6.45, 7) is 0. The van der Waals surface area contributed by atoms with Crippen molar-refractivity contribution in [3.8, 4) is 12.3 Å². The van der Waals surface area contributed by atoms with Crippen molar-refractivity contribution < 1.29 is 0 Å². The zero-order valence-electron chi connectivity index (χ0n) is 4.70. The Bertz CT molecular complexity index is 157. The molecule has 0 amide bonds. The van der Waals surface area contributed by atoms with E-state index in [0.29, 0.717) is 5.25 Å². The summed E-state index contributed by atoms with van der Waals surface area (Å²) in [5, 5.41) is 0.395. The van der Waals surface area contributed by atoms with E-state index in [2.05, 4.69) is 5.92 Å². The molecule has 0 nitrogen and oxygen atoms in total. The van der Waals surface area contributed by atoms with Crippen LogP contribution in [0, 0.1) is 12.3 Å². The van der Waals surface area contributed by atoms with Crippen molar-refractivity contribution in [3.63, 3.8) is 0 Å². The van der Waals surface area contributed by atoms with E-state index in [4.69, 9.17) is 17.6 Å². The maximum atomic E-state index is 5.24. The lowest BCUT2D eigenvalue weighted by atomic mass is 10.3. The molecule has 9 heavy (non-hydrogen) atoms. The zero-order chi connectivity index (χ0) is 6.69. The Morgan fingerprint density at radius 3 is 3.00 bits per heavy atom. The third-order valence-electron chi connectivity index (χ3n) is 0.940. The summed E-state index contributed by atoms with van der Waals surface area (Å²) in [6, 6.07) is 0. The second-order valence-corrected chi connectivity index (χ2v) is 9.56. The lowest BCUT2D eigenvalue weighted by molar-refractivity contribution is 1.02. The summed E-state index contributed by atoms with van der Waals surface area (Å²) < 4.78 is 0. The Morgan fingerprint density at radius 2 is 2.56 bits per heavy atom. The Balaban J connectivity index is 2.43. The molecule has 0 aromatic rings. The maximum absolute atomic E-state index is 5.24. The van der Waals surface area contributed by atoms with Crippen molar-refractivity contribution in [3.05, 3.63) is 0 Å². The van der Waals surface area contributed by atoms with E-state index in [0.717, 1.165) is 12.2 Å². The quantitative estimate of drug-likeness (QED) is 0.426. The summed E-state index contributed by atoms with van der Waals surface area (Å²) in [4.78, 5) is 0. The third-order valence-corrected chi connectivity index (χ3v) is 7.69. The van der Waals surface area contributed by atoms with Crippen LogP contribution in [-0.4, -0.2) is 11.0 Å². The summed E-state index contributed by atoms with van der Waals surface area (Å²) >= 11 is 5.09. The molecule has 1 fully saturated rings. The van der Waals surface area contributed by atoms with Gasteiger partial charge in [-0.25, -0.2) is 0 Å². The topological polar surface area (TPSA) is 0 Å². The second-order valence-electron chi connectivity index (χ2n) is 1.57. The van der Waals surface area contributed by atoms with Crippen LogP contribution < -0.4 is 0 Å². The van der Waals surface area contributed by atoms with E-state index >= 15 is 0 Å². The average Bonchev–Trinajstić information content (AvgIpc) is 1.88. The van der Waals surface area contributed by atoms with Gasteiger partial charge in [-0.2, -0.15) is 0 Å². The van der Waals surface area contributed by atoms with Gasteiger partial charge in [-0.1, -0.05) is 27.5 Å². The molecule has 1 heterocycles. The van der Waals surface area contributed by atoms with Gasteiger partial charge in [-0.15, -0.1) is 6.42 Å². The van der Waals surface area contributed by atoms with Crippen LogP contribution in [0.4, 0.5) is 0 Å². The van der Waals surface area contributed by atoms with Gasteiger partial charge in [0.15, 0.2) is 0 Å². The van der Waals surface area contributed by atoms with Gasteiger partial charge in [-0.3, -0.25) is 0 Å². The minimum absolute atomic E-state index is 0.0540. The van der Waals surface area contributed by atoms with E-state index in [-0.39, 0.29) is 7.52 Å². The largest absolute Gasteiger partial charge is 0.119 e. The summed E-state index contributed by atoms with van der Waals surface area (Å²) in [7, 11) is 3.66. The minimum atomic E-state index is 0.0540. The normalized spacial score (nSPS) is 35.4. The maximum Gasteiger partial charge on any atom is 0.0776 e. The molecule has 4 heteroatoms. The van der Waals surface area contributed by atoms with E-state index in [1.807, 2.05) is 10.8 Å². The van der Waals surface area contributed by atoms with Crippen LogP contribution in [-0.2, 0) is 18.7 Å². The van der Waals surface area contributed by atoms with Crippen molar-refractivity contribution in [2.75, 3.05) is 5.75 Å². The van der Waals surface area contributed by atoms with Gasteiger partial charge in [0.1, 0.15) is 0 Å². The van der Waals surface area contributed by atoms with Crippen LogP contribution in [0.15, 0.2) is 0 Å². The number of terminal acetylenes is 1. The average molecular weight is 194 g/mol.